The Morgan fingerprint density at radius 2 is 2.00 bits per heavy atom. The summed E-state index contributed by atoms with van der Waals surface area (Å²) in [5, 5.41) is 23.7. The van der Waals surface area contributed by atoms with Gasteiger partial charge in [-0.1, -0.05) is 12.1 Å². The summed E-state index contributed by atoms with van der Waals surface area (Å²) < 4.78 is 10.6. The molecule has 1 atom stereocenters. The molecule has 170 valence electrons. The molecule has 6 N–H and O–H groups in total. The number of carbonyl (C=O) groups excluding carboxylic acids is 1. The van der Waals surface area contributed by atoms with Crippen LogP contribution in [0.1, 0.15) is 48.9 Å². The number of nitriles is 2. The molecular formula is C22H24N8O3. The number of pyridine rings is 1. The monoisotopic (exact) mass is 448 g/mol. The molecule has 3 rings (SSSR count). The smallest absolute Gasteiger partial charge is 0.305 e. The second kappa shape index (κ2) is 10.7. The number of hydrogen-bond acceptors (Lipinski definition) is 11. The van der Waals surface area contributed by atoms with E-state index in [9.17, 15) is 10.1 Å². The molecule has 0 amide bonds. The van der Waals surface area contributed by atoms with Gasteiger partial charge in [0.15, 0.2) is 6.19 Å². The lowest BCUT2D eigenvalue weighted by Crippen LogP contribution is -2.32. The number of esters is 1. The zero-order chi connectivity index (χ0) is 23.8. The molecule has 1 aliphatic rings. The second-order valence-corrected chi connectivity index (χ2v) is 7.08. The molecule has 2 aromatic rings. The van der Waals surface area contributed by atoms with Crippen LogP contribution in [0.2, 0.25) is 0 Å². The average Bonchev–Trinajstić information content (AvgIpc) is 2.79. The lowest BCUT2D eigenvalue weighted by molar-refractivity contribution is -0.143. The first-order chi connectivity index (χ1) is 16.0. The van der Waals surface area contributed by atoms with Crippen LogP contribution in [-0.4, -0.2) is 30.1 Å². The van der Waals surface area contributed by atoms with Gasteiger partial charge in [-0.05, 0) is 37.5 Å². The molecule has 1 aromatic carbocycles. The van der Waals surface area contributed by atoms with Crippen molar-refractivity contribution >= 4 is 29.3 Å². The molecule has 11 nitrogen and oxygen atoms in total. The summed E-state index contributed by atoms with van der Waals surface area (Å²) >= 11 is 0. The van der Waals surface area contributed by atoms with E-state index in [0.717, 1.165) is 12.0 Å². The Hall–Kier alpha value is -4.51. The Balaban J connectivity index is 1.75. The van der Waals surface area contributed by atoms with E-state index in [-0.39, 0.29) is 29.0 Å². The quantitative estimate of drug-likeness (QED) is 0.202. The van der Waals surface area contributed by atoms with Crippen LogP contribution in [0.5, 0.6) is 5.75 Å². The maximum atomic E-state index is 11.4. The molecule has 0 radical (unpaired) electrons. The summed E-state index contributed by atoms with van der Waals surface area (Å²) in [6, 6.07) is 8.59. The average molecular weight is 448 g/mol. The number of unbranched alkanes of at least 4 members (excludes halogenated alkanes) is 1. The van der Waals surface area contributed by atoms with Gasteiger partial charge >= 0.3 is 5.97 Å². The van der Waals surface area contributed by atoms with Gasteiger partial charge in [0.05, 0.1) is 18.9 Å². The van der Waals surface area contributed by atoms with Crippen LogP contribution in [0.3, 0.4) is 0 Å². The third-order valence-corrected chi connectivity index (χ3v) is 4.90. The second-order valence-electron chi connectivity index (χ2n) is 7.08. The zero-order valence-electron chi connectivity index (χ0n) is 18.1. The van der Waals surface area contributed by atoms with E-state index in [1.807, 2.05) is 24.4 Å². The van der Waals surface area contributed by atoms with Crippen LogP contribution < -0.4 is 26.8 Å². The first-order valence-electron chi connectivity index (χ1n) is 10.4. The molecule has 1 aliphatic heterocycles. The third-order valence-electron chi connectivity index (χ3n) is 4.90. The first kappa shape index (κ1) is 23.2. The first-order valence-corrected chi connectivity index (χ1v) is 10.4. The molecule has 1 aromatic heterocycles. The predicted octanol–water partition coefficient (Wildman–Crippen LogP) is 2.17. The number of anilines is 3. The number of aliphatic imine (C=N–C) groups is 1. The number of rotatable bonds is 8. The van der Waals surface area contributed by atoms with Crippen LogP contribution in [0, 0.1) is 22.8 Å². The van der Waals surface area contributed by atoms with Gasteiger partial charge in [-0.3, -0.25) is 10.1 Å². The highest BCUT2D eigenvalue weighted by molar-refractivity contribution is 5.98. The Kier molecular flexibility index (Phi) is 7.50. The minimum atomic E-state index is -0.615. The van der Waals surface area contributed by atoms with Crippen molar-refractivity contribution in [3.63, 3.8) is 0 Å². The summed E-state index contributed by atoms with van der Waals surface area (Å²) in [5.41, 5.74) is 13.6. The van der Waals surface area contributed by atoms with Crippen molar-refractivity contribution in [2.75, 3.05) is 30.0 Å². The number of nitrogen functional groups attached to an aromatic ring is 2. The summed E-state index contributed by atoms with van der Waals surface area (Å²) in [6.45, 7) is 2.63. The van der Waals surface area contributed by atoms with Crippen molar-refractivity contribution in [2.24, 2.45) is 4.99 Å². The number of nitrogens with one attached hydrogen (secondary N) is 2. The maximum absolute atomic E-state index is 11.4. The molecule has 11 heteroatoms. The van der Waals surface area contributed by atoms with E-state index in [1.54, 1.807) is 19.1 Å². The van der Waals surface area contributed by atoms with Gasteiger partial charge in [0.1, 0.15) is 35.1 Å². The van der Waals surface area contributed by atoms with E-state index < -0.39 is 6.04 Å². The van der Waals surface area contributed by atoms with Crippen molar-refractivity contribution in [1.29, 1.82) is 10.5 Å². The Bertz CT molecular complexity index is 1130. The summed E-state index contributed by atoms with van der Waals surface area (Å²) in [7, 11) is 0. The molecule has 33 heavy (non-hydrogen) atoms. The molecule has 2 heterocycles. The van der Waals surface area contributed by atoms with Crippen LogP contribution in [-0.2, 0) is 9.53 Å². The lowest BCUT2D eigenvalue weighted by Gasteiger charge is -2.26. The zero-order valence-corrected chi connectivity index (χ0v) is 18.1. The summed E-state index contributed by atoms with van der Waals surface area (Å²) in [6.07, 6.45) is 3.58. The topological polar surface area (TPSA) is 184 Å². The molecular weight excluding hydrogens is 424 g/mol. The number of hydrogen-bond donors (Lipinski definition) is 4. The van der Waals surface area contributed by atoms with Gasteiger partial charge in [0.2, 0.25) is 5.96 Å². The van der Waals surface area contributed by atoms with Crippen molar-refractivity contribution in [1.82, 2.24) is 10.3 Å². The number of guanidine groups is 1. The SMILES string of the molecule is CCOC(=O)CCCCOc1ccc(C2N=C(NC#N)Nc3nc(N)c(C#N)c(N)c32)cc1. The molecule has 0 bridgehead atoms. The largest absolute Gasteiger partial charge is 0.494 e. The van der Waals surface area contributed by atoms with Crippen molar-refractivity contribution in [2.45, 2.75) is 32.2 Å². The van der Waals surface area contributed by atoms with Crippen LogP contribution in [0.4, 0.5) is 17.3 Å². The van der Waals surface area contributed by atoms with Crippen molar-refractivity contribution < 1.29 is 14.3 Å². The van der Waals surface area contributed by atoms with Crippen molar-refractivity contribution in [3.05, 3.63) is 41.0 Å². The van der Waals surface area contributed by atoms with Gasteiger partial charge in [0.25, 0.3) is 0 Å². The van der Waals surface area contributed by atoms with Crippen LogP contribution in [0.25, 0.3) is 0 Å². The minimum Gasteiger partial charge on any atom is -0.494 e. The number of benzene rings is 1. The Morgan fingerprint density at radius 1 is 1.24 bits per heavy atom. The molecule has 0 aliphatic carbocycles. The Labute approximate surface area is 191 Å². The summed E-state index contributed by atoms with van der Waals surface area (Å²) in [4.78, 5) is 20.1. The number of fused-ring (bicyclic) bond motifs is 1. The number of nitrogens with two attached hydrogens (primary N) is 2. The van der Waals surface area contributed by atoms with E-state index in [2.05, 4.69) is 20.6 Å². The van der Waals surface area contributed by atoms with Crippen LogP contribution >= 0.6 is 0 Å². The van der Waals surface area contributed by atoms with E-state index >= 15 is 0 Å². The molecule has 1 unspecified atom stereocenters. The lowest BCUT2D eigenvalue weighted by atomic mass is 9.95. The minimum absolute atomic E-state index is 0.00934. The normalized spacial score (nSPS) is 14.0. The highest BCUT2D eigenvalue weighted by Crippen LogP contribution is 2.40. The third kappa shape index (κ3) is 5.40. The highest BCUT2D eigenvalue weighted by Gasteiger charge is 2.29. The standard InChI is InChI=1S/C22H24N8O3/c1-2-32-16(31)5-3-4-10-33-14-8-6-13(7-9-14)19-17-18(25)15(11-23)20(26)29-21(17)30-22(28-19)27-12-24/h6-9,19H,2-5,10H2,1H3,(H6,25,26,27,28,29,30). The molecule has 0 saturated carbocycles. The molecule has 0 saturated heterocycles. The van der Waals surface area contributed by atoms with Crippen molar-refractivity contribution in [3.8, 4) is 18.0 Å². The fraction of sp³-hybridized carbons (Fsp3) is 0.318. The van der Waals surface area contributed by atoms with E-state index in [1.165, 1.54) is 0 Å². The van der Waals surface area contributed by atoms with E-state index in [0.29, 0.717) is 43.2 Å². The number of aromatic nitrogens is 1. The van der Waals surface area contributed by atoms with Gasteiger partial charge < -0.3 is 26.3 Å². The van der Waals surface area contributed by atoms with E-state index in [4.69, 9.17) is 26.2 Å². The van der Waals surface area contributed by atoms with Gasteiger partial charge in [0, 0.05) is 12.0 Å². The molecule has 0 spiro atoms. The number of ether oxygens (including phenoxy) is 2. The highest BCUT2D eigenvalue weighted by atomic mass is 16.5. The maximum Gasteiger partial charge on any atom is 0.305 e. The molecule has 0 fully saturated rings. The number of carbonyl (C=O) groups is 1. The fourth-order valence-corrected chi connectivity index (χ4v) is 3.36. The van der Waals surface area contributed by atoms with Gasteiger partial charge in [-0.2, -0.15) is 10.5 Å². The fourth-order valence-electron chi connectivity index (χ4n) is 3.36. The van der Waals surface area contributed by atoms with Gasteiger partial charge in [-0.25, -0.2) is 9.98 Å². The van der Waals surface area contributed by atoms with Crippen LogP contribution in [0.15, 0.2) is 29.3 Å². The predicted molar refractivity (Wildman–Crippen MR) is 122 cm³/mol. The summed E-state index contributed by atoms with van der Waals surface area (Å²) in [5.74, 6) is 0.955. The number of nitrogens with zero attached hydrogens (tertiary/aromatic N) is 4. The Morgan fingerprint density at radius 3 is 2.67 bits per heavy atom. The van der Waals surface area contributed by atoms with Gasteiger partial charge in [-0.15, -0.1) is 0 Å².